The van der Waals surface area contributed by atoms with Gasteiger partial charge in [-0.3, -0.25) is 14.3 Å². The second kappa shape index (κ2) is 3.98. The van der Waals surface area contributed by atoms with Crippen molar-refractivity contribution in [1.82, 2.24) is 5.32 Å². The number of hydrogen-bond donors (Lipinski definition) is 1. The molecule has 0 aromatic heterocycles. The van der Waals surface area contributed by atoms with E-state index in [4.69, 9.17) is 0 Å². The smallest absolute Gasteiger partial charge is 0.323 e. The molecule has 5 heteroatoms. The largest absolute Gasteiger partial charge is 0.468 e. The molecule has 0 radical (unpaired) electrons. The van der Waals surface area contributed by atoms with Crippen molar-refractivity contribution >= 4 is 16.8 Å². The summed E-state index contributed by atoms with van der Waals surface area (Å²) in [4.78, 5) is 11.3. The summed E-state index contributed by atoms with van der Waals surface area (Å²) >= 11 is 0. The molecular weight excluding hydrogens is 202 g/mol. The number of ether oxygens (including phenoxy) is 1. The van der Waals surface area contributed by atoms with Crippen molar-refractivity contribution in [2.45, 2.75) is 36.6 Å². The molecule has 14 heavy (non-hydrogen) atoms. The maximum Gasteiger partial charge on any atom is 0.323 e. The summed E-state index contributed by atoms with van der Waals surface area (Å²) in [5, 5.41) is 3.49. The number of methoxy groups -OCH3 is 1. The summed E-state index contributed by atoms with van der Waals surface area (Å²) in [7, 11) is 0.508. The number of rotatable bonds is 1. The molecule has 4 atom stereocenters. The molecule has 1 aliphatic carbocycles. The maximum absolute atomic E-state index is 11.8. The van der Waals surface area contributed by atoms with Crippen molar-refractivity contribution in [3.63, 3.8) is 0 Å². The fourth-order valence-electron chi connectivity index (χ4n) is 2.30. The minimum Gasteiger partial charge on any atom is -0.468 e. The topological polar surface area (TPSA) is 55.4 Å². The van der Waals surface area contributed by atoms with Gasteiger partial charge >= 0.3 is 5.97 Å². The van der Waals surface area contributed by atoms with Crippen LogP contribution in [0.5, 0.6) is 0 Å². The van der Waals surface area contributed by atoms with Gasteiger partial charge in [0.05, 0.1) is 12.4 Å². The highest BCUT2D eigenvalue weighted by Crippen LogP contribution is 2.27. The van der Waals surface area contributed by atoms with Crippen molar-refractivity contribution in [2.75, 3.05) is 12.9 Å². The van der Waals surface area contributed by atoms with E-state index in [-0.39, 0.29) is 23.3 Å². The zero-order chi connectivity index (χ0) is 10.1. The van der Waals surface area contributed by atoms with Gasteiger partial charge < -0.3 is 4.74 Å². The lowest BCUT2D eigenvalue weighted by molar-refractivity contribution is -0.142. The lowest BCUT2D eigenvalue weighted by Gasteiger charge is -2.31. The molecule has 0 spiro atoms. The molecule has 0 aromatic carbocycles. The van der Waals surface area contributed by atoms with Crippen LogP contribution in [0, 0.1) is 0 Å². The molecule has 80 valence electrons. The molecule has 2 aliphatic rings. The van der Waals surface area contributed by atoms with E-state index in [1.54, 1.807) is 0 Å². The van der Waals surface area contributed by atoms with Crippen molar-refractivity contribution in [1.29, 1.82) is 0 Å². The first-order valence-electron chi connectivity index (χ1n) is 4.93. The zero-order valence-electron chi connectivity index (χ0n) is 8.19. The molecule has 0 bridgehead atoms. The van der Waals surface area contributed by atoms with Crippen LogP contribution >= 0.6 is 0 Å². The Kier molecular flexibility index (Phi) is 2.88. The average Bonchev–Trinajstić information content (AvgIpc) is 2.64. The number of fused-ring (bicyclic) bond motifs is 1. The van der Waals surface area contributed by atoms with Crippen molar-refractivity contribution in [3.05, 3.63) is 0 Å². The second-order valence-electron chi connectivity index (χ2n) is 3.87. The third-order valence-corrected chi connectivity index (χ3v) is 4.92. The van der Waals surface area contributed by atoms with Gasteiger partial charge in [0.15, 0.2) is 0 Å². The molecule has 1 heterocycles. The summed E-state index contributed by atoms with van der Waals surface area (Å²) in [6, 6.07) is -0.103. The van der Waals surface area contributed by atoms with Gasteiger partial charge in [-0.05, 0) is 12.8 Å². The molecule has 1 N–H and O–H groups in total. The lowest BCUT2D eigenvalue weighted by atomic mass is 10.2. The van der Waals surface area contributed by atoms with Gasteiger partial charge in [-0.15, -0.1) is 0 Å². The molecule has 1 saturated carbocycles. The fraction of sp³-hybridized carbons (Fsp3) is 0.889. The van der Waals surface area contributed by atoms with Crippen molar-refractivity contribution < 1.29 is 13.7 Å². The third kappa shape index (κ3) is 1.70. The Morgan fingerprint density at radius 1 is 1.50 bits per heavy atom. The maximum atomic E-state index is 11.8. The third-order valence-electron chi connectivity index (χ3n) is 3.02. The van der Waals surface area contributed by atoms with E-state index in [1.807, 2.05) is 0 Å². The Balaban J connectivity index is 2.05. The Labute approximate surface area is 85.8 Å². The predicted octanol–water partition coefficient (Wildman–Crippen LogP) is -0.199. The normalized spacial score (nSPS) is 41.8. The number of carbonyl (C=O) groups is 1. The first-order chi connectivity index (χ1) is 6.72. The van der Waals surface area contributed by atoms with Gasteiger partial charge in [0.1, 0.15) is 6.04 Å². The van der Waals surface area contributed by atoms with E-state index in [9.17, 15) is 9.00 Å². The SMILES string of the molecule is COC(=O)C1CS(=O)C2CCCC2N1. The molecule has 4 unspecified atom stereocenters. The quantitative estimate of drug-likeness (QED) is 0.618. The van der Waals surface area contributed by atoms with Gasteiger partial charge in [-0.1, -0.05) is 6.42 Å². The molecular formula is C9H15NO3S. The van der Waals surface area contributed by atoms with Gasteiger partial charge in [0.2, 0.25) is 0 Å². The highest BCUT2D eigenvalue weighted by Gasteiger charge is 2.40. The molecule has 0 amide bonds. The van der Waals surface area contributed by atoms with Gasteiger partial charge in [0, 0.05) is 22.6 Å². The number of nitrogens with one attached hydrogen (secondary N) is 1. The molecule has 1 aliphatic heterocycles. The van der Waals surface area contributed by atoms with E-state index in [1.165, 1.54) is 7.11 Å². The average molecular weight is 217 g/mol. The van der Waals surface area contributed by atoms with Crippen LogP contribution in [0.3, 0.4) is 0 Å². The highest BCUT2D eigenvalue weighted by molar-refractivity contribution is 7.85. The summed E-state index contributed by atoms with van der Waals surface area (Å²) in [6.07, 6.45) is 3.17. The molecule has 4 nitrogen and oxygen atoms in total. The number of carbonyl (C=O) groups excluding carboxylic acids is 1. The lowest BCUT2D eigenvalue weighted by Crippen LogP contribution is -2.56. The summed E-state index contributed by atoms with van der Waals surface area (Å²) in [6.45, 7) is 0. The van der Waals surface area contributed by atoms with Gasteiger partial charge in [-0.25, -0.2) is 0 Å². The number of hydrogen-bond acceptors (Lipinski definition) is 4. The van der Waals surface area contributed by atoms with Crippen LogP contribution in [0.25, 0.3) is 0 Å². The van der Waals surface area contributed by atoms with Gasteiger partial charge in [-0.2, -0.15) is 0 Å². The Morgan fingerprint density at radius 2 is 2.29 bits per heavy atom. The van der Waals surface area contributed by atoms with Crippen LogP contribution in [0.4, 0.5) is 0 Å². The summed E-state index contributed by atoms with van der Waals surface area (Å²) < 4.78 is 16.4. The molecule has 2 rings (SSSR count). The van der Waals surface area contributed by atoms with Crippen LogP contribution in [0.15, 0.2) is 0 Å². The highest BCUT2D eigenvalue weighted by atomic mass is 32.2. The Morgan fingerprint density at radius 3 is 3.00 bits per heavy atom. The van der Waals surface area contributed by atoms with Crippen molar-refractivity contribution in [3.8, 4) is 0 Å². The minimum absolute atomic E-state index is 0.258. The summed E-state index contributed by atoms with van der Waals surface area (Å²) in [5.41, 5.74) is 0. The van der Waals surface area contributed by atoms with Crippen LogP contribution < -0.4 is 5.32 Å². The van der Waals surface area contributed by atoms with E-state index in [0.717, 1.165) is 19.3 Å². The first-order valence-corrected chi connectivity index (χ1v) is 6.31. The standard InChI is InChI=1S/C9H15NO3S/c1-13-9(11)7-5-14(12)8-4-2-3-6(8)10-7/h6-8,10H,2-5H2,1H3. The predicted molar refractivity (Wildman–Crippen MR) is 53.4 cm³/mol. The van der Waals surface area contributed by atoms with E-state index < -0.39 is 10.8 Å². The van der Waals surface area contributed by atoms with E-state index >= 15 is 0 Å². The molecule has 0 aromatic rings. The van der Waals surface area contributed by atoms with E-state index in [2.05, 4.69) is 10.1 Å². The van der Waals surface area contributed by atoms with Crippen LogP contribution in [0.2, 0.25) is 0 Å². The van der Waals surface area contributed by atoms with Gasteiger partial charge in [0.25, 0.3) is 0 Å². The Bertz CT molecular complexity index is 269. The van der Waals surface area contributed by atoms with Crippen molar-refractivity contribution in [2.24, 2.45) is 0 Å². The second-order valence-corrected chi connectivity index (χ2v) is 5.57. The van der Waals surface area contributed by atoms with Crippen LogP contribution in [-0.2, 0) is 20.3 Å². The van der Waals surface area contributed by atoms with Crippen LogP contribution in [0.1, 0.15) is 19.3 Å². The molecule has 1 saturated heterocycles. The Hall–Kier alpha value is -0.420. The van der Waals surface area contributed by atoms with E-state index in [0.29, 0.717) is 5.75 Å². The molecule has 2 fully saturated rings. The zero-order valence-corrected chi connectivity index (χ0v) is 9.01. The summed E-state index contributed by atoms with van der Waals surface area (Å²) in [5.74, 6) is 0.122. The van der Waals surface area contributed by atoms with Crippen LogP contribution in [-0.4, -0.2) is 40.4 Å². The monoisotopic (exact) mass is 217 g/mol. The minimum atomic E-state index is -0.861. The fourth-order valence-corrected chi connectivity index (χ4v) is 4.12. The number of esters is 1. The first kappa shape index (κ1) is 10.1.